The summed E-state index contributed by atoms with van der Waals surface area (Å²) < 4.78 is 0. The van der Waals surface area contributed by atoms with Crippen LogP contribution in [0.25, 0.3) is 27.5 Å². The molecule has 1 aliphatic carbocycles. The van der Waals surface area contributed by atoms with Crippen molar-refractivity contribution < 1.29 is 0 Å². The van der Waals surface area contributed by atoms with Crippen LogP contribution in [-0.2, 0) is 0 Å². The van der Waals surface area contributed by atoms with Crippen LogP contribution in [0.3, 0.4) is 0 Å². The zero-order valence-electron chi connectivity index (χ0n) is 15.1. The average molecular weight is 344 g/mol. The second kappa shape index (κ2) is 6.74. The largest absolute Gasteiger partial charge is 0.0622 e. The first-order valence-corrected chi connectivity index (χ1v) is 9.43. The molecular weight excluding hydrogens is 324 g/mol. The molecule has 0 amide bonds. The highest BCUT2D eigenvalue weighted by Gasteiger charge is 2.20. The lowest BCUT2D eigenvalue weighted by molar-refractivity contribution is 1.43. The molecule has 0 nitrogen and oxygen atoms in total. The molecule has 1 aliphatic rings. The van der Waals surface area contributed by atoms with Crippen molar-refractivity contribution in [3.8, 4) is 0 Å². The Morgan fingerprint density at radius 2 is 1.15 bits per heavy atom. The number of hydrogen-bond donors (Lipinski definition) is 0. The minimum Gasteiger partial charge on any atom is -0.0622 e. The maximum atomic E-state index is 2.39. The Kier molecular flexibility index (Phi) is 3.95. The van der Waals surface area contributed by atoms with Crippen molar-refractivity contribution in [2.45, 2.75) is 6.42 Å². The van der Waals surface area contributed by atoms with E-state index in [4.69, 9.17) is 0 Å². The summed E-state index contributed by atoms with van der Waals surface area (Å²) in [4.78, 5) is 0. The van der Waals surface area contributed by atoms with Crippen LogP contribution in [0.4, 0.5) is 0 Å². The van der Waals surface area contributed by atoms with Gasteiger partial charge in [0.1, 0.15) is 0 Å². The molecule has 0 saturated heterocycles. The van der Waals surface area contributed by atoms with Crippen LogP contribution >= 0.6 is 0 Å². The molecule has 0 aromatic heterocycles. The number of fused-ring (bicyclic) bond motifs is 1. The van der Waals surface area contributed by atoms with Crippen LogP contribution in [0.5, 0.6) is 0 Å². The molecule has 0 fully saturated rings. The van der Waals surface area contributed by atoms with E-state index in [1.807, 2.05) is 0 Å². The molecule has 5 rings (SSSR count). The Bertz CT molecular complexity index is 1160. The lowest BCUT2D eigenvalue weighted by Gasteiger charge is -2.10. The van der Waals surface area contributed by atoms with Crippen molar-refractivity contribution in [3.05, 3.63) is 126 Å². The highest BCUT2D eigenvalue weighted by molar-refractivity contribution is 6.09. The third-order valence-corrected chi connectivity index (χ3v) is 5.35. The zero-order chi connectivity index (χ0) is 18.1. The molecular formula is C27H20. The van der Waals surface area contributed by atoms with E-state index in [0.717, 1.165) is 6.42 Å². The summed E-state index contributed by atoms with van der Waals surface area (Å²) in [5, 5.41) is 2.62. The molecule has 0 unspecified atom stereocenters. The normalized spacial score (nSPS) is 13.9. The number of benzene rings is 4. The van der Waals surface area contributed by atoms with Crippen molar-refractivity contribution >= 4 is 27.5 Å². The molecule has 0 N–H and O–H groups in total. The fourth-order valence-electron chi connectivity index (χ4n) is 4.05. The third kappa shape index (κ3) is 2.90. The van der Waals surface area contributed by atoms with Crippen molar-refractivity contribution in [2.24, 2.45) is 0 Å². The van der Waals surface area contributed by atoms with Crippen LogP contribution in [-0.4, -0.2) is 0 Å². The van der Waals surface area contributed by atoms with Crippen molar-refractivity contribution in [1.29, 1.82) is 0 Å². The lowest BCUT2D eigenvalue weighted by atomic mass is 9.94. The highest BCUT2D eigenvalue weighted by atomic mass is 14.2. The molecule has 0 heterocycles. The fourth-order valence-corrected chi connectivity index (χ4v) is 4.05. The Hall–Kier alpha value is -3.38. The minimum atomic E-state index is 0.961. The lowest BCUT2D eigenvalue weighted by Crippen LogP contribution is -1.88. The third-order valence-electron chi connectivity index (χ3n) is 5.35. The summed E-state index contributed by atoms with van der Waals surface area (Å²) >= 11 is 0. The SMILES string of the molecule is C1=C(c2cccc3ccccc23)CC(c2ccccc2)=C1c1ccccc1. The highest BCUT2D eigenvalue weighted by Crippen LogP contribution is 2.43. The number of hydrogen-bond acceptors (Lipinski definition) is 0. The van der Waals surface area contributed by atoms with Crippen LogP contribution in [0.1, 0.15) is 23.1 Å². The van der Waals surface area contributed by atoms with Gasteiger partial charge in [0, 0.05) is 0 Å². The monoisotopic (exact) mass is 344 g/mol. The van der Waals surface area contributed by atoms with Gasteiger partial charge in [0.25, 0.3) is 0 Å². The van der Waals surface area contributed by atoms with Crippen molar-refractivity contribution in [1.82, 2.24) is 0 Å². The van der Waals surface area contributed by atoms with Gasteiger partial charge in [0.2, 0.25) is 0 Å². The van der Waals surface area contributed by atoms with Crippen molar-refractivity contribution in [2.75, 3.05) is 0 Å². The van der Waals surface area contributed by atoms with Gasteiger partial charge in [-0.15, -0.1) is 0 Å². The fraction of sp³-hybridized carbons (Fsp3) is 0.0370. The molecule has 0 bridgehead atoms. The molecule has 0 atom stereocenters. The maximum Gasteiger partial charge on any atom is -0.000728 e. The van der Waals surface area contributed by atoms with Crippen molar-refractivity contribution in [3.63, 3.8) is 0 Å². The molecule has 0 heteroatoms. The quantitative estimate of drug-likeness (QED) is 0.367. The smallest absolute Gasteiger partial charge is 0.000728 e. The predicted molar refractivity (Wildman–Crippen MR) is 116 cm³/mol. The van der Waals surface area contributed by atoms with E-state index >= 15 is 0 Å². The van der Waals surface area contributed by atoms with Crippen LogP contribution < -0.4 is 0 Å². The molecule has 0 spiro atoms. The second-order valence-corrected chi connectivity index (χ2v) is 7.00. The van der Waals surface area contributed by atoms with E-state index in [0.29, 0.717) is 0 Å². The first-order valence-electron chi connectivity index (χ1n) is 9.43. The molecule has 0 aliphatic heterocycles. The van der Waals surface area contributed by atoms with E-state index in [1.54, 1.807) is 0 Å². The summed E-state index contributed by atoms with van der Waals surface area (Å²) in [5.41, 5.74) is 8.07. The molecule has 0 saturated carbocycles. The van der Waals surface area contributed by atoms with Gasteiger partial charge in [-0.1, -0.05) is 103 Å². The van der Waals surface area contributed by atoms with Crippen LogP contribution in [0.2, 0.25) is 0 Å². The van der Waals surface area contributed by atoms with E-state index in [1.165, 1.54) is 44.2 Å². The summed E-state index contributed by atoms with van der Waals surface area (Å²) in [6.07, 6.45) is 3.35. The second-order valence-electron chi connectivity index (χ2n) is 7.00. The van der Waals surface area contributed by atoms with Gasteiger partial charge in [-0.25, -0.2) is 0 Å². The van der Waals surface area contributed by atoms with E-state index < -0.39 is 0 Å². The van der Waals surface area contributed by atoms with Crippen LogP contribution in [0.15, 0.2) is 109 Å². The predicted octanol–water partition coefficient (Wildman–Crippen LogP) is 7.24. The Morgan fingerprint density at radius 1 is 0.519 bits per heavy atom. The zero-order valence-corrected chi connectivity index (χ0v) is 15.1. The summed E-state index contributed by atoms with van der Waals surface area (Å²) in [7, 11) is 0. The topological polar surface area (TPSA) is 0 Å². The summed E-state index contributed by atoms with van der Waals surface area (Å²) in [5.74, 6) is 0. The molecule has 128 valence electrons. The van der Waals surface area contributed by atoms with Crippen LogP contribution in [0, 0.1) is 0 Å². The molecule has 4 aromatic carbocycles. The standard InChI is InChI=1S/C27H20/c1-3-10-21(11-4-1)26-18-23(19-27(26)22-12-5-2-6-13-22)25-17-9-15-20-14-7-8-16-24(20)25/h1-18H,19H2. The van der Waals surface area contributed by atoms with Gasteiger partial charge in [0.15, 0.2) is 0 Å². The molecule has 0 radical (unpaired) electrons. The van der Waals surface area contributed by atoms with E-state index in [9.17, 15) is 0 Å². The van der Waals surface area contributed by atoms with Gasteiger partial charge >= 0.3 is 0 Å². The van der Waals surface area contributed by atoms with Gasteiger partial charge in [-0.2, -0.15) is 0 Å². The average Bonchev–Trinajstić information content (AvgIpc) is 3.20. The Morgan fingerprint density at radius 3 is 1.93 bits per heavy atom. The summed E-state index contributed by atoms with van der Waals surface area (Å²) in [6.45, 7) is 0. The van der Waals surface area contributed by atoms with Gasteiger partial charge in [-0.05, 0) is 56.7 Å². The number of rotatable bonds is 3. The molecule has 4 aromatic rings. The maximum absolute atomic E-state index is 2.39. The van der Waals surface area contributed by atoms with Gasteiger partial charge < -0.3 is 0 Å². The number of allylic oxidation sites excluding steroid dienone is 4. The first kappa shape index (κ1) is 15.8. The van der Waals surface area contributed by atoms with E-state index in [-0.39, 0.29) is 0 Å². The minimum absolute atomic E-state index is 0.961. The van der Waals surface area contributed by atoms with Gasteiger partial charge in [-0.3, -0.25) is 0 Å². The molecule has 27 heavy (non-hydrogen) atoms. The first-order chi connectivity index (χ1) is 13.4. The van der Waals surface area contributed by atoms with Gasteiger partial charge in [0.05, 0.1) is 0 Å². The Balaban J connectivity index is 1.67. The Labute approximate surface area is 160 Å². The van der Waals surface area contributed by atoms with E-state index in [2.05, 4.69) is 109 Å². The summed E-state index contributed by atoms with van der Waals surface area (Å²) in [6, 6.07) is 36.8.